The van der Waals surface area contributed by atoms with Crippen molar-refractivity contribution in [1.29, 1.82) is 0 Å². The third-order valence-electron chi connectivity index (χ3n) is 4.79. The zero-order chi connectivity index (χ0) is 20.3. The fourth-order valence-corrected chi connectivity index (χ4v) is 4.68. The molecule has 9 nitrogen and oxygen atoms in total. The van der Waals surface area contributed by atoms with Gasteiger partial charge < -0.3 is 4.90 Å². The van der Waals surface area contributed by atoms with Gasteiger partial charge in [-0.1, -0.05) is 24.3 Å². The molecule has 150 valence electrons. The highest BCUT2D eigenvalue weighted by molar-refractivity contribution is 7.89. The fraction of sp³-hybridized carbons (Fsp3) is 0.263. The topological polar surface area (TPSA) is 110 Å². The molecular weight excluding hydrogens is 392 g/mol. The van der Waals surface area contributed by atoms with Crippen molar-refractivity contribution in [3.8, 4) is 5.69 Å². The van der Waals surface area contributed by atoms with Crippen molar-refractivity contribution in [2.24, 2.45) is 0 Å². The van der Waals surface area contributed by atoms with Gasteiger partial charge in [0, 0.05) is 24.7 Å². The van der Waals surface area contributed by atoms with Crippen molar-refractivity contribution in [2.45, 2.75) is 23.8 Å². The zero-order valence-electron chi connectivity index (χ0n) is 15.5. The first kappa shape index (κ1) is 19.2. The number of amides is 1. The molecule has 0 spiro atoms. The number of carbonyl (C=O) groups is 1. The smallest absolute Gasteiger partial charge is 0.253 e. The molecule has 1 N–H and O–H groups in total. The van der Waals surface area contributed by atoms with Crippen LogP contribution in [0.3, 0.4) is 0 Å². The molecule has 1 unspecified atom stereocenters. The molecule has 0 aliphatic carbocycles. The molecule has 1 aliphatic heterocycles. The quantitative estimate of drug-likeness (QED) is 0.675. The van der Waals surface area contributed by atoms with Gasteiger partial charge in [0.25, 0.3) is 5.91 Å². The number of sulfonamides is 1. The Bertz CT molecular complexity index is 1090. The van der Waals surface area contributed by atoms with Crippen LogP contribution in [0.25, 0.3) is 5.69 Å². The summed E-state index contributed by atoms with van der Waals surface area (Å²) < 4.78 is 29.9. The molecule has 1 aromatic heterocycles. The van der Waals surface area contributed by atoms with Gasteiger partial charge in [0.2, 0.25) is 10.0 Å². The van der Waals surface area contributed by atoms with Crippen molar-refractivity contribution in [2.75, 3.05) is 13.1 Å². The Morgan fingerprint density at radius 3 is 2.69 bits per heavy atom. The minimum atomic E-state index is -3.76. The predicted octanol–water partition coefficient (Wildman–Crippen LogP) is 1.25. The summed E-state index contributed by atoms with van der Waals surface area (Å²) in [5, 5.41) is 10.9. The first-order valence-corrected chi connectivity index (χ1v) is 10.7. The van der Waals surface area contributed by atoms with Gasteiger partial charge in [-0.3, -0.25) is 4.79 Å². The van der Waals surface area contributed by atoms with Crippen LogP contribution < -0.4 is 4.72 Å². The number of rotatable bonds is 5. The van der Waals surface area contributed by atoms with Crippen LogP contribution in [0.4, 0.5) is 0 Å². The molecule has 3 aromatic rings. The van der Waals surface area contributed by atoms with Crippen LogP contribution in [0.5, 0.6) is 0 Å². The molecular formula is C19H20N6O3S. The van der Waals surface area contributed by atoms with E-state index in [2.05, 4.69) is 20.2 Å². The molecule has 2 aromatic carbocycles. The normalized spacial score (nSPS) is 17.2. The van der Waals surface area contributed by atoms with E-state index < -0.39 is 10.0 Å². The summed E-state index contributed by atoms with van der Waals surface area (Å²) in [5.74, 6) is -0.0878. The molecule has 1 amide bonds. The fourth-order valence-electron chi connectivity index (χ4n) is 3.38. The third kappa shape index (κ3) is 4.33. The van der Waals surface area contributed by atoms with E-state index in [-0.39, 0.29) is 16.8 Å². The van der Waals surface area contributed by atoms with Gasteiger partial charge >= 0.3 is 0 Å². The lowest BCUT2D eigenvalue weighted by atomic mass is 10.1. The molecule has 1 saturated heterocycles. The van der Waals surface area contributed by atoms with Gasteiger partial charge in [-0.15, -0.1) is 5.10 Å². The molecule has 1 atom stereocenters. The maximum atomic E-state index is 12.9. The lowest BCUT2D eigenvalue weighted by molar-refractivity contribution is 0.0703. The maximum absolute atomic E-state index is 12.9. The third-order valence-corrected chi connectivity index (χ3v) is 6.31. The average molecular weight is 412 g/mol. The van der Waals surface area contributed by atoms with Gasteiger partial charge in [0.15, 0.2) is 0 Å². The summed E-state index contributed by atoms with van der Waals surface area (Å²) in [5.41, 5.74) is 1.15. The maximum Gasteiger partial charge on any atom is 0.253 e. The highest BCUT2D eigenvalue weighted by Gasteiger charge is 2.28. The first-order valence-electron chi connectivity index (χ1n) is 9.23. The Morgan fingerprint density at radius 2 is 1.93 bits per heavy atom. The SMILES string of the molecule is O=C(c1ccccc1)N1CCCC(NS(=O)(=O)c2cccc(-n3cnnn3)c2)C1. The van der Waals surface area contributed by atoms with E-state index in [1.807, 2.05) is 18.2 Å². The van der Waals surface area contributed by atoms with Crippen molar-refractivity contribution >= 4 is 15.9 Å². The number of hydrogen-bond acceptors (Lipinski definition) is 6. The second-order valence-corrected chi connectivity index (χ2v) is 8.54. The Kier molecular flexibility index (Phi) is 5.36. The number of nitrogens with zero attached hydrogens (tertiary/aromatic N) is 5. The molecule has 29 heavy (non-hydrogen) atoms. The van der Waals surface area contributed by atoms with Crippen LogP contribution in [0, 0.1) is 0 Å². The lowest BCUT2D eigenvalue weighted by Crippen LogP contribution is -2.49. The molecule has 0 saturated carbocycles. The van der Waals surface area contributed by atoms with Crippen LogP contribution in [0.15, 0.2) is 65.8 Å². The molecule has 0 radical (unpaired) electrons. The van der Waals surface area contributed by atoms with Gasteiger partial charge in [0.1, 0.15) is 6.33 Å². The van der Waals surface area contributed by atoms with Crippen molar-refractivity contribution < 1.29 is 13.2 Å². The number of aromatic nitrogens is 4. The average Bonchev–Trinajstić information content (AvgIpc) is 3.29. The van der Waals surface area contributed by atoms with Crippen LogP contribution >= 0.6 is 0 Å². The summed E-state index contributed by atoms with van der Waals surface area (Å²) in [4.78, 5) is 14.5. The monoisotopic (exact) mass is 412 g/mol. The van der Waals surface area contributed by atoms with E-state index in [9.17, 15) is 13.2 Å². The van der Waals surface area contributed by atoms with Gasteiger partial charge in [-0.05, 0) is 53.6 Å². The van der Waals surface area contributed by atoms with Gasteiger partial charge in [0.05, 0.1) is 10.6 Å². The number of piperidine rings is 1. The minimum absolute atomic E-state index is 0.0878. The second-order valence-electron chi connectivity index (χ2n) is 6.83. The summed E-state index contributed by atoms with van der Waals surface area (Å²) in [6.07, 6.45) is 2.80. The number of hydrogen-bond donors (Lipinski definition) is 1. The molecule has 4 rings (SSSR count). The summed E-state index contributed by atoms with van der Waals surface area (Å²) in [7, 11) is -3.76. The Morgan fingerprint density at radius 1 is 1.10 bits per heavy atom. The van der Waals surface area contributed by atoms with Gasteiger partial charge in [-0.25, -0.2) is 17.8 Å². The highest BCUT2D eigenvalue weighted by Crippen LogP contribution is 2.18. The summed E-state index contributed by atoms with van der Waals surface area (Å²) >= 11 is 0. The van der Waals surface area contributed by atoms with Crippen LogP contribution in [0.2, 0.25) is 0 Å². The van der Waals surface area contributed by atoms with Crippen molar-refractivity contribution in [3.63, 3.8) is 0 Å². The van der Waals surface area contributed by atoms with E-state index in [0.29, 0.717) is 30.8 Å². The zero-order valence-corrected chi connectivity index (χ0v) is 16.4. The summed E-state index contributed by atoms with van der Waals surface area (Å²) in [6.45, 7) is 0.945. The van der Waals surface area contributed by atoms with Crippen LogP contribution in [-0.4, -0.2) is 58.6 Å². The molecule has 1 fully saturated rings. The predicted molar refractivity (Wildman–Crippen MR) is 105 cm³/mol. The molecule has 0 bridgehead atoms. The van der Waals surface area contributed by atoms with E-state index in [4.69, 9.17) is 0 Å². The van der Waals surface area contributed by atoms with Crippen LogP contribution in [0.1, 0.15) is 23.2 Å². The molecule has 2 heterocycles. The Labute approximate surface area is 168 Å². The van der Waals surface area contributed by atoms with E-state index in [1.54, 1.807) is 29.2 Å². The largest absolute Gasteiger partial charge is 0.337 e. The van der Waals surface area contributed by atoms with E-state index >= 15 is 0 Å². The number of benzene rings is 2. The Hall–Kier alpha value is -3.11. The molecule has 1 aliphatic rings. The summed E-state index contributed by atoms with van der Waals surface area (Å²) in [6, 6.07) is 15.0. The van der Waals surface area contributed by atoms with Crippen LogP contribution in [-0.2, 0) is 10.0 Å². The number of nitrogens with one attached hydrogen (secondary N) is 1. The lowest BCUT2D eigenvalue weighted by Gasteiger charge is -2.33. The van der Waals surface area contributed by atoms with Crippen molar-refractivity contribution in [3.05, 3.63) is 66.5 Å². The minimum Gasteiger partial charge on any atom is -0.337 e. The Balaban J connectivity index is 1.48. The van der Waals surface area contributed by atoms with E-state index in [1.165, 1.54) is 23.1 Å². The van der Waals surface area contributed by atoms with Gasteiger partial charge in [-0.2, -0.15) is 0 Å². The van der Waals surface area contributed by atoms with E-state index in [0.717, 1.165) is 6.42 Å². The first-order chi connectivity index (χ1) is 14.0. The molecule has 10 heteroatoms. The second kappa shape index (κ2) is 8.10. The van der Waals surface area contributed by atoms with Crippen molar-refractivity contribution in [1.82, 2.24) is 29.8 Å². The number of tetrazole rings is 1. The highest BCUT2D eigenvalue weighted by atomic mass is 32.2. The number of likely N-dealkylation sites (tertiary alicyclic amines) is 1. The standard InChI is InChI=1S/C19H20N6O3S/c26-19(15-6-2-1-3-7-15)24-11-5-8-16(13-24)21-29(27,28)18-10-4-9-17(12-18)25-14-20-22-23-25/h1-4,6-7,9-10,12,14,16,21H,5,8,11,13H2. The number of carbonyl (C=O) groups excluding carboxylic acids is 1.